The molecule has 1 atom stereocenters. The number of carbonyl (C=O) groups is 2. The number of hydrogen-bond acceptors (Lipinski definition) is 2. The molecule has 126 valence electrons. The summed E-state index contributed by atoms with van der Waals surface area (Å²) in [6.07, 6.45) is 1.73. The Bertz CT molecular complexity index is 707. The van der Waals surface area contributed by atoms with Gasteiger partial charge in [0.05, 0.1) is 12.3 Å². The molecule has 4 nitrogen and oxygen atoms in total. The van der Waals surface area contributed by atoms with Gasteiger partial charge in [0.25, 0.3) is 0 Å². The van der Waals surface area contributed by atoms with Gasteiger partial charge in [-0.2, -0.15) is 0 Å². The number of aliphatic carboxylic acids is 1. The lowest BCUT2D eigenvalue weighted by molar-refractivity contribution is -0.141. The summed E-state index contributed by atoms with van der Waals surface area (Å²) < 4.78 is 0. The van der Waals surface area contributed by atoms with E-state index < -0.39 is 11.9 Å². The van der Waals surface area contributed by atoms with Crippen molar-refractivity contribution in [2.24, 2.45) is 5.92 Å². The molecular weight excluding hydrogens is 302 g/mol. The van der Waals surface area contributed by atoms with Crippen molar-refractivity contribution >= 4 is 17.6 Å². The first kappa shape index (κ1) is 17.7. The summed E-state index contributed by atoms with van der Waals surface area (Å²) in [7, 11) is 0. The fourth-order valence-corrected chi connectivity index (χ4v) is 2.62. The van der Waals surface area contributed by atoms with E-state index in [1.165, 1.54) is 5.56 Å². The van der Waals surface area contributed by atoms with E-state index in [-0.39, 0.29) is 5.91 Å². The van der Waals surface area contributed by atoms with Gasteiger partial charge in [-0.15, -0.1) is 0 Å². The van der Waals surface area contributed by atoms with E-state index in [1.807, 2.05) is 48.5 Å². The maximum absolute atomic E-state index is 12.2. The van der Waals surface area contributed by atoms with Gasteiger partial charge in [0.15, 0.2) is 0 Å². The second kappa shape index (κ2) is 8.29. The lowest BCUT2D eigenvalue weighted by Gasteiger charge is -2.10. The minimum Gasteiger partial charge on any atom is -0.481 e. The normalized spacial score (nSPS) is 11.8. The predicted molar refractivity (Wildman–Crippen MR) is 95.1 cm³/mol. The van der Waals surface area contributed by atoms with Crippen LogP contribution in [0, 0.1) is 5.92 Å². The third-order valence-corrected chi connectivity index (χ3v) is 4.05. The molecule has 1 amide bonds. The molecule has 2 rings (SSSR count). The third-order valence-electron chi connectivity index (χ3n) is 4.05. The minimum atomic E-state index is -0.804. The molecule has 2 aromatic carbocycles. The molecule has 0 spiro atoms. The van der Waals surface area contributed by atoms with Gasteiger partial charge in [-0.05, 0) is 41.7 Å². The maximum Gasteiger partial charge on any atom is 0.306 e. The highest BCUT2D eigenvalue weighted by molar-refractivity contribution is 5.92. The minimum absolute atomic E-state index is 0.0532. The average Bonchev–Trinajstić information content (AvgIpc) is 2.57. The highest BCUT2D eigenvalue weighted by atomic mass is 16.4. The monoisotopic (exact) mass is 325 g/mol. The molecule has 0 bridgehead atoms. The Hall–Kier alpha value is -2.62. The highest BCUT2D eigenvalue weighted by Crippen LogP contribution is 2.15. The SMILES string of the molecule is CCc1ccccc1CC(=O)Nc1ccc(CC(C)C(=O)O)cc1. The summed E-state index contributed by atoms with van der Waals surface area (Å²) in [6, 6.07) is 15.3. The van der Waals surface area contributed by atoms with Crippen LogP contribution >= 0.6 is 0 Å². The summed E-state index contributed by atoms with van der Waals surface area (Å²) in [4.78, 5) is 23.1. The predicted octanol–water partition coefficient (Wildman–Crippen LogP) is 3.69. The van der Waals surface area contributed by atoms with E-state index in [1.54, 1.807) is 6.92 Å². The van der Waals surface area contributed by atoms with Gasteiger partial charge in [0.2, 0.25) is 5.91 Å². The number of nitrogens with one attached hydrogen (secondary N) is 1. The number of amides is 1. The molecule has 0 radical (unpaired) electrons. The topological polar surface area (TPSA) is 66.4 Å². The summed E-state index contributed by atoms with van der Waals surface area (Å²) in [5.74, 6) is -1.28. The molecule has 4 heteroatoms. The standard InChI is InChI=1S/C20H23NO3/c1-3-16-6-4-5-7-17(16)13-19(22)21-18-10-8-15(9-11-18)12-14(2)20(23)24/h4-11,14H,3,12-13H2,1-2H3,(H,21,22)(H,23,24). The molecule has 0 fully saturated rings. The third kappa shape index (κ3) is 4.95. The molecule has 0 aliphatic rings. The van der Waals surface area contributed by atoms with E-state index in [0.29, 0.717) is 12.8 Å². The maximum atomic E-state index is 12.2. The molecule has 0 saturated heterocycles. The van der Waals surface area contributed by atoms with Crippen LogP contribution in [0.25, 0.3) is 0 Å². The molecule has 0 aliphatic carbocycles. The van der Waals surface area contributed by atoms with Gasteiger partial charge in [0, 0.05) is 5.69 Å². The smallest absolute Gasteiger partial charge is 0.306 e. The van der Waals surface area contributed by atoms with Gasteiger partial charge in [-0.1, -0.05) is 50.2 Å². The molecule has 0 heterocycles. The number of carboxylic acid groups (broad SMARTS) is 1. The Morgan fingerprint density at radius 1 is 1.04 bits per heavy atom. The first-order chi connectivity index (χ1) is 11.5. The van der Waals surface area contributed by atoms with Gasteiger partial charge in [-0.25, -0.2) is 0 Å². The van der Waals surface area contributed by atoms with E-state index in [2.05, 4.69) is 12.2 Å². The van der Waals surface area contributed by atoms with Crippen LogP contribution in [0.2, 0.25) is 0 Å². The van der Waals surface area contributed by atoms with Crippen LogP contribution in [0.4, 0.5) is 5.69 Å². The number of rotatable bonds is 7. The molecule has 24 heavy (non-hydrogen) atoms. The van der Waals surface area contributed by atoms with Gasteiger partial charge >= 0.3 is 5.97 Å². The Morgan fingerprint density at radius 2 is 1.67 bits per heavy atom. The number of aryl methyl sites for hydroxylation is 1. The Labute approximate surface area is 142 Å². The molecule has 0 aliphatic heterocycles. The summed E-state index contributed by atoms with van der Waals surface area (Å²) in [5, 5.41) is 11.8. The zero-order chi connectivity index (χ0) is 17.5. The number of carbonyl (C=O) groups excluding carboxylic acids is 1. The zero-order valence-electron chi connectivity index (χ0n) is 14.1. The zero-order valence-corrected chi connectivity index (χ0v) is 14.1. The quantitative estimate of drug-likeness (QED) is 0.816. The first-order valence-corrected chi connectivity index (χ1v) is 8.18. The van der Waals surface area contributed by atoms with Crippen LogP contribution < -0.4 is 5.32 Å². The van der Waals surface area contributed by atoms with E-state index in [0.717, 1.165) is 23.2 Å². The van der Waals surface area contributed by atoms with Crippen molar-refractivity contribution in [3.8, 4) is 0 Å². The first-order valence-electron chi connectivity index (χ1n) is 8.18. The largest absolute Gasteiger partial charge is 0.481 e. The van der Waals surface area contributed by atoms with Crippen LogP contribution in [-0.2, 0) is 28.9 Å². The number of benzene rings is 2. The second-order valence-corrected chi connectivity index (χ2v) is 5.99. The number of anilines is 1. The second-order valence-electron chi connectivity index (χ2n) is 5.99. The van der Waals surface area contributed by atoms with Crippen LogP contribution in [0.3, 0.4) is 0 Å². The molecule has 1 unspecified atom stereocenters. The van der Waals surface area contributed by atoms with Gasteiger partial charge in [0.1, 0.15) is 0 Å². The fraction of sp³-hybridized carbons (Fsp3) is 0.300. The molecule has 0 aromatic heterocycles. The van der Waals surface area contributed by atoms with Crippen molar-refractivity contribution in [1.82, 2.24) is 0 Å². The van der Waals surface area contributed by atoms with Crippen molar-refractivity contribution in [1.29, 1.82) is 0 Å². The summed E-state index contributed by atoms with van der Waals surface area (Å²) in [6.45, 7) is 3.76. The van der Waals surface area contributed by atoms with Gasteiger partial charge < -0.3 is 10.4 Å². The van der Waals surface area contributed by atoms with Crippen LogP contribution in [0.5, 0.6) is 0 Å². The lowest BCUT2D eigenvalue weighted by Crippen LogP contribution is -2.15. The summed E-state index contributed by atoms with van der Waals surface area (Å²) in [5.41, 5.74) is 3.90. The van der Waals surface area contributed by atoms with E-state index in [9.17, 15) is 9.59 Å². The number of carboxylic acids is 1. The van der Waals surface area contributed by atoms with Crippen molar-refractivity contribution in [2.75, 3.05) is 5.32 Å². The van der Waals surface area contributed by atoms with Crippen LogP contribution in [0.1, 0.15) is 30.5 Å². The van der Waals surface area contributed by atoms with Crippen LogP contribution in [-0.4, -0.2) is 17.0 Å². The molecule has 2 aromatic rings. The molecule has 0 saturated carbocycles. The Kier molecular flexibility index (Phi) is 6.13. The lowest BCUT2D eigenvalue weighted by atomic mass is 10.0. The van der Waals surface area contributed by atoms with Crippen molar-refractivity contribution in [3.63, 3.8) is 0 Å². The Balaban J connectivity index is 1.96. The van der Waals surface area contributed by atoms with Crippen LogP contribution in [0.15, 0.2) is 48.5 Å². The van der Waals surface area contributed by atoms with Crippen molar-refractivity contribution in [3.05, 3.63) is 65.2 Å². The van der Waals surface area contributed by atoms with E-state index in [4.69, 9.17) is 5.11 Å². The average molecular weight is 325 g/mol. The van der Waals surface area contributed by atoms with Crippen molar-refractivity contribution in [2.45, 2.75) is 33.1 Å². The molecular formula is C20H23NO3. The number of hydrogen-bond donors (Lipinski definition) is 2. The van der Waals surface area contributed by atoms with Gasteiger partial charge in [-0.3, -0.25) is 9.59 Å². The summed E-state index contributed by atoms with van der Waals surface area (Å²) >= 11 is 0. The highest BCUT2D eigenvalue weighted by Gasteiger charge is 2.12. The Morgan fingerprint density at radius 3 is 2.25 bits per heavy atom. The van der Waals surface area contributed by atoms with E-state index >= 15 is 0 Å². The van der Waals surface area contributed by atoms with Crippen molar-refractivity contribution < 1.29 is 14.7 Å². The molecule has 2 N–H and O–H groups in total. The fourth-order valence-electron chi connectivity index (χ4n) is 2.62.